The summed E-state index contributed by atoms with van der Waals surface area (Å²) in [5, 5.41) is 0. The van der Waals surface area contributed by atoms with Crippen LogP contribution in [0.4, 0.5) is 11.4 Å². The van der Waals surface area contributed by atoms with Crippen molar-refractivity contribution in [1.29, 1.82) is 0 Å². The van der Waals surface area contributed by atoms with Crippen molar-refractivity contribution in [1.82, 2.24) is 0 Å². The standard InChI is InChI=1S/C40H47N2OPS/c1-38(2)32-11-7-9-13-34(32)41(5)36(38)25-44(45,26-37-39(3,4)33-12-8-10-14-35(33)42(37)6)43-31-17-15-30(16-18-31)40-22-27-19-28(23-40)21-29(20-27)24-40/h7-18,25-29H,19-24H2,1-6H3/b36-25-,37-26?. The number of allylic oxidation sites excluding steroid dienone is 2. The molecule has 234 valence electrons. The number of rotatable bonds is 5. The van der Waals surface area contributed by atoms with Crippen LogP contribution >= 0.6 is 6.26 Å². The molecule has 2 aliphatic heterocycles. The Morgan fingerprint density at radius 2 is 1.09 bits per heavy atom. The molecule has 9 rings (SSSR count). The van der Waals surface area contributed by atoms with Gasteiger partial charge in [0.25, 0.3) is 0 Å². The topological polar surface area (TPSA) is 15.7 Å². The van der Waals surface area contributed by atoms with E-state index in [0.29, 0.717) is 5.41 Å². The van der Waals surface area contributed by atoms with E-state index in [1.807, 2.05) is 0 Å². The minimum atomic E-state index is -2.68. The first-order valence-corrected chi connectivity index (χ1v) is 19.8. The predicted octanol–water partition coefficient (Wildman–Crippen LogP) is 10.5. The first-order valence-electron chi connectivity index (χ1n) is 16.9. The van der Waals surface area contributed by atoms with Crippen LogP contribution in [-0.2, 0) is 28.1 Å². The Morgan fingerprint density at radius 3 is 1.51 bits per heavy atom. The lowest BCUT2D eigenvalue weighted by atomic mass is 9.48. The van der Waals surface area contributed by atoms with Crippen molar-refractivity contribution < 1.29 is 4.52 Å². The number of likely N-dealkylation sites (N-methyl/N-ethyl adjacent to an activating group) is 2. The lowest BCUT2D eigenvalue weighted by Gasteiger charge is -2.57. The zero-order chi connectivity index (χ0) is 31.4. The van der Waals surface area contributed by atoms with Crippen LogP contribution in [0.1, 0.15) is 82.9 Å². The quantitative estimate of drug-likeness (QED) is 0.260. The first kappa shape index (κ1) is 29.6. The molecule has 4 saturated carbocycles. The van der Waals surface area contributed by atoms with Gasteiger partial charge in [-0.25, -0.2) is 0 Å². The first-order chi connectivity index (χ1) is 21.4. The van der Waals surface area contributed by atoms with Gasteiger partial charge in [-0.3, -0.25) is 0 Å². The van der Waals surface area contributed by atoms with Crippen LogP contribution < -0.4 is 14.3 Å². The molecule has 0 aromatic heterocycles. The van der Waals surface area contributed by atoms with Crippen molar-refractivity contribution in [2.45, 2.75) is 82.5 Å². The summed E-state index contributed by atoms with van der Waals surface area (Å²) in [7, 11) is 4.35. The SMILES string of the molecule is CN1C(=CP(=S)(/C=C2\N(C)c3ccccc3C2(C)C)Oc2ccc(C34CC5CC(CC(C5)C3)C4)cc2)C(C)(C)c2ccccc21. The molecule has 6 aliphatic rings. The van der Waals surface area contributed by atoms with Crippen LogP contribution in [0.25, 0.3) is 0 Å². The number of para-hydroxylation sites is 2. The third-order valence-electron chi connectivity index (χ3n) is 12.2. The molecular formula is C40H47N2OPS. The fourth-order valence-corrected chi connectivity index (χ4v) is 13.6. The van der Waals surface area contributed by atoms with Gasteiger partial charge in [-0.15, -0.1) is 0 Å². The summed E-state index contributed by atoms with van der Waals surface area (Å²) < 4.78 is 7.10. The number of benzene rings is 3. The highest BCUT2D eigenvalue weighted by molar-refractivity contribution is 8.15. The molecular weight excluding hydrogens is 587 g/mol. The molecule has 4 bridgehead atoms. The van der Waals surface area contributed by atoms with Crippen LogP contribution in [0.3, 0.4) is 0 Å². The van der Waals surface area contributed by atoms with Gasteiger partial charge in [-0.1, -0.05) is 76.2 Å². The van der Waals surface area contributed by atoms with Gasteiger partial charge in [-0.05, 0) is 114 Å². The largest absolute Gasteiger partial charge is 0.459 e. The summed E-state index contributed by atoms with van der Waals surface area (Å²) in [4.78, 5) is 4.65. The van der Waals surface area contributed by atoms with Gasteiger partial charge in [0.15, 0.2) is 6.26 Å². The average molecular weight is 635 g/mol. The normalized spacial score (nSPS) is 31.7. The molecule has 0 amide bonds. The molecule has 3 nitrogen and oxygen atoms in total. The second-order valence-corrected chi connectivity index (χ2v) is 19.6. The minimum Gasteiger partial charge on any atom is -0.459 e. The molecule has 2 heterocycles. The molecule has 1 atom stereocenters. The monoisotopic (exact) mass is 634 g/mol. The summed E-state index contributed by atoms with van der Waals surface area (Å²) in [5.74, 6) is 8.31. The van der Waals surface area contributed by atoms with Crippen molar-refractivity contribution in [3.63, 3.8) is 0 Å². The van der Waals surface area contributed by atoms with Crippen molar-refractivity contribution in [2.75, 3.05) is 23.9 Å². The molecule has 45 heavy (non-hydrogen) atoms. The minimum absolute atomic E-state index is 0.181. The highest BCUT2D eigenvalue weighted by Crippen LogP contribution is 2.62. The third kappa shape index (κ3) is 4.61. The molecule has 0 N–H and O–H groups in total. The number of fused-ring (bicyclic) bond motifs is 2. The second-order valence-electron chi connectivity index (χ2n) is 15.9. The third-order valence-corrected chi connectivity index (χ3v) is 14.8. The van der Waals surface area contributed by atoms with Gasteiger partial charge in [0, 0.05) is 59.3 Å². The fourth-order valence-electron chi connectivity index (χ4n) is 10.4. The van der Waals surface area contributed by atoms with Crippen LogP contribution in [0.2, 0.25) is 0 Å². The summed E-state index contributed by atoms with van der Waals surface area (Å²) in [6, 6.07) is 26.7. The summed E-state index contributed by atoms with van der Waals surface area (Å²) in [6.45, 7) is 9.26. The molecule has 5 heteroatoms. The summed E-state index contributed by atoms with van der Waals surface area (Å²) in [5.41, 5.74) is 9.12. The van der Waals surface area contributed by atoms with Crippen LogP contribution in [0.5, 0.6) is 5.75 Å². The molecule has 4 fully saturated rings. The maximum Gasteiger partial charge on any atom is 0.161 e. The van der Waals surface area contributed by atoms with Gasteiger partial charge in [0.1, 0.15) is 5.75 Å². The molecule has 4 aliphatic carbocycles. The van der Waals surface area contributed by atoms with Gasteiger partial charge in [0.2, 0.25) is 0 Å². The highest BCUT2D eigenvalue weighted by Gasteiger charge is 2.51. The van der Waals surface area contributed by atoms with E-state index in [1.165, 1.54) is 78.0 Å². The molecule has 1 unspecified atom stereocenters. The summed E-state index contributed by atoms with van der Waals surface area (Å²) >= 11 is 6.72. The van der Waals surface area contributed by atoms with Gasteiger partial charge < -0.3 is 14.3 Å². The van der Waals surface area contributed by atoms with Crippen molar-refractivity contribution in [3.8, 4) is 5.75 Å². The van der Waals surface area contributed by atoms with E-state index in [0.717, 1.165) is 23.5 Å². The Hall–Kier alpha value is -2.81. The number of anilines is 2. The fraction of sp³-hybridized carbons (Fsp3) is 0.450. The zero-order valence-corrected chi connectivity index (χ0v) is 29.4. The molecule has 0 radical (unpaired) electrons. The maximum atomic E-state index is 7.10. The smallest absolute Gasteiger partial charge is 0.161 e. The predicted molar refractivity (Wildman–Crippen MR) is 193 cm³/mol. The average Bonchev–Trinajstić information content (AvgIpc) is 3.31. The van der Waals surface area contributed by atoms with Crippen LogP contribution in [0, 0.1) is 17.8 Å². The Bertz CT molecular complexity index is 1660. The maximum absolute atomic E-state index is 7.10. The Kier molecular flexibility index (Phi) is 6.64. The van der Waals surface area contributed by atoms with Gasteiger partial charge in [-0.2, -0.15) is 0 Å². The van der Waals surface area contributed by atoms with Crippen LogP contribution in [0.15, 0.2) is 95.8 Å². The van der Waals surface area contributed by atoms with Crippen LogP contribution in [-0.4, -0.2) is 14.1 Å². The lowest BCUT2D eigenvalue weighted by Crippen LogP contribution is -2.48. The Labute approximate surface area is 275 Å². The van der Waals surface area contributed by atoms with Crippen molar-refractivity contribution >= 4 is 29.4 Å². The number of hydrogen-bond acceptors (Lipinski definition) is 4. The Morgan fingerprint density at radius 1 is 0.667 bits per heavy atom. The zero-order valence-electron chi connectivity index (χ0n) is 27.7. The molecule has 0 spiro atoms. The Balaban J connectivity index is 1.19. The highest BCUT2D eigenvalue weighted by atomic mass is 32.4. The molecule has 0 saturated heterocycles. The van der Waals surface area contributed by atoms with Gasteiger partial charge in [0.05, 0.1) is 0 Å². The van der Waals surface area contributed by atoms with E-state index in [9.17, 15) is 0 Å². The van der Waals surface area contributed by atoms with Crippen molar-refractivity contribution in [3.05, 3.63) is 113 Å². The van der Waals surface area contributed by atoms with E-state index in [4.69, 9.17) is 16.3 Å². The second kappa shape index (κ2) is 10.1. The van der Waals surface area contributed by atoms with E-state index in [-0.39, 0.29) is 10.8 Å². The molecule has 3 aromatic carbocycles. The van der Waals surface area contributed by atoms with E-state index >= 15 is 0 Å². The van der Waals surface area contributed by atoms with E-state index in [2.05, 4.69) is 136 Å². The lowest BCUT2D eigenvalue weighted by molar-refractivity contribution is -0.00519. The number of hydrogen-bond donors (Lipinski definition) is 0. The van der Waals surface area contributed by atoms with E-state index < -0.39 is 6.26 Å². The summed E-state index contributed by atoms with van der Waals surface area (Å²) in [6.07, 6.45) is 5.85. The van der Waals surface area contributed by atoms with Crippen molar-refractivity contribution in [2.24, 2.45) is 17.8 Å². The van der Waals surface area contributed by atoms with E-state index in [1.54, 1.807) is 0 Å². The van der Waals surface area contributed by atoms with Gasteiger partial charge >= 0.3 is 0 Å². The molecule has 3 aromatic rings. The number of nitrogens with zero attached hydrogens (tertiary/aromatic N) is 2.